The van der Waals surface area contributed by atoms with Gasteiger partial charge in [0.15, 0.2) is 0 Å². The molecule has 2 N–H and O–H groups in total. The number of H-pyrrole nitrogens is 2. The number of hydrogen-bond donors (Lipinski definition) is 2. The normalized spacial score (nSPS) is 10.2. The van der Waals surface area contributed by atoms with E-state index in [2.05, 4.69) is 32.1 Å². The standard InChI is InChI=1S/C14H12N4.C9H6N2.C5H7ClN2/c1-18-8-12(17-9-18)5-11-7-16-14-3-2-10(6-15)4-13(11)14;10-6-7-1-2-8-3-4-11-9(8)5-7;1-8-3-5(2-6)7-4-8/h2-4,7-9,16H,5H2,1H3;1-5,11H;3-4H,2H2,1H3. The second-order valence-corrected chi connectivity index (χ2v) is 8.72. The number of fused-ring (bicyclic) bond motifs is 2. The van der Waals surface area contributed by atoms with Crippen molar-refractivity contribution in [1.82, 2.24) is 29.1 Å². The van der Waals surface area contributed by atoms with Gasteiger partial charge in [-0.05, 0) is 47.3 Å². The molecule has 4 aromatic heterocycles. The van der Waals surface area contributed by atoms with Crippen molar-refractivity contribution in [3.05, 3.63) is 108 Å². The van der Waals surface area contributed by atoms with Gasteiger partial charge in [0.2, 0.25) is 0 Å². The lowest BCUT2D eigenvalue weighted by molar-refractivity contribution is 0.912. The van der Waals surface area contributed by atoms with Crippen molar-refractivity contribution in [2.24, 2.45) is 14.1 Å². The number of hydrogen-bond acceptors (Lipinski definition) is 4. The number of nitrogens with zero attached hydrogens (tertiary/aromatic N) is 6. The van der Waals surface area contributed by atoms with E-state index in [-0.39, 0.29) is 0 Å². The van der Waals surface area contributed by atoms with E-state index < -0.39 is 0 Å². The second kappa shape index (κ2) is 11.8. The monoisotopic (exact) mass is 508 g/mol. The number of aromatic nitrogens is 6. The number of nitrogens with one attached hydrogen (secondary N) is 2. The number of alkyl halides is 1. The van der Waals surface area contributed by atoms with E-state index in [0.29, 0.717) is 17.0 Å². The SMILES string of the molecule is Cn1cnc(CCl)c1.Cn1cnc(Cc2c[nH]c3ccc(C#N)cc23)c1.N#Cc1ccc2cc[nH]c2c1. The van der Waals surface area contributed by atoms with E-state index in [4.69, 9.17) is 22.1 Å². The maximum absolute atomic E-state index is 8.94. The minimum atomic E-state index is 0.501. The highest BCUT2D eigenvalue weighted by molar-refractivity contribution is 6.16. The molecule has 6 rings (SSSR count). The fourth-order valence-corrected chi connectivity index (χ4v) is 3.94. The van der Waals surface area contributed by atoms with Crippen molar-refractivity contribution in [1.29, 1.82) is 10.5 Å². The van der Waals surface area contributed by atoms with E-state index in [1.165, 1.54) is 5.56 Å². The summed E-state index contributed by atoms with van der Waals surface area (Å²) in [5.74, 6) is 0.501. The molecule has 0 aliphatic rings. The minimum absolute atomic E-state index is 0.501. The predicted molar refractivity (Wildman–Crippen MR) is 145 cm³/mol. The number of halogens is 1. The summed E-state index contributed by atoms with van der Waals surface area (Å²) in [6.07, 6.45) is 12.1. The average molecular weight is 509 g/mol. The smallest absolute Gasteiger partial charge is 0.0992 e. The molecule has 0 saturated carbocycles. The van der Waals surface area contributed by atoms with E-state index in [1.807, 2.05) is 90.5 Å². The van der Waals surface area contributed by atoms with Crippen LogP contribution in [0.3, 0.4) is 0 Å². The summed E-state index contributed by atoms with van der Waals surface area (Å²) in [6, 6.07) is 17.5. The van der Waals surface area contributed by atoms with E-state index in [1.54, 1.807) is 12.7 Å². The molecule has 4 heterocycles. The molecule has 0 aliphatic heterocycles. The zero-order valence-electron chi connectivity index (χ0n) is 20.5. The number of nitriles is 2. The van der Waals surface area contributed by atoms with E-state index in [0.717, 1.165) is 39.6 Å². The predicted octanol–water partition coefficient (Wildman–Crippen LogP) is 5.56. The highest BCUT2D eigenvalue weighted by Gasteiger charge is 2.07. The van der Waals surface area contributed by atoms with Gasteiger partial charge in [-0.3, -0.25) is 0 Å². The van der Waals surface area contributed by atoms with Crippen LogP contribution in [-0.4, -0.2) is 29.1 Å². The molecule has 37 heavy (non-hydrogen) atoms. The molecule has 0 amide bonds. The fraction of sp³-hybridized carbons (Fsp3) is 0.143. The Morgan fingerprint density at radius 2 is 1.51 bits per heavy atom. The Bertz CT molecular complexity index is 1700. The van der Waals surface area contributed by atoms with Gasteiger partial charge in [0.1, 0.15) is 0 Å². The average Bonchev–Trinajstić information content (AvgIpc) is 3.72. The molecule has 0 bridgehead atoms. The molecule has 0 radical (unpaired) electrons. The van der Waals surface area contributed by atoms with Gasteiger partial charge in [-0.2, -0.15) is 10.5 Å². The summed E-state index contributed by atoms with van der Waals surface area (Å²) in [7, 11) is 3.88. The summed E-state index contributed by atoms with van der Waals surface area (Å²) >= 11 is 5.46. The second-order valence-electron chi connectivity index (χ2n) is 8.45. The van der Waals surface area contributed by atoms with Gasteiger partial charge < -0.3 is 19.1 Å². The molecule has 0 aliphatic carbocycles. The molecular formula is C28H25ClN8. The van der Waals surface area contributed by atoms with E-state index in [9.17, 15) is 0 Å². The third-order valence-electron chi connectivity index (χ3n) is 5.61. The number of benzene rings is 2. The Morgan fingerprint density at radius 1 is 0.838 bits per heavy atom. The number of rotatable bonds is 3. The molecule has 6 aromatic rings. The number of aryl methyl sites for hydroxylation is 2. The Balaban J connectivity index is 0.000000143. The lowest BCUT2D eigenvalue weighted by Gasteiger charge is -1.97. The topological polar surface area (TPSA) is 115 Å². The molecule has 0 unspecified atom stereocenters. The summed E-state index contributed by atoms with van der Waals surface area (Å²) in [6.45, 7) is 0. The van der Waals surface area contributed by atoms with Crippen molar-refractivity contribution in [2.45, 2.75) is 12.3 Å². The fourth-order valence-electron chi connectivity index (χ4n) is 3.80. The van der Waals surface area contributed by atoms with Crippen LogP contribution in [0.4, 0.5) is 0 Å². The van der Waals surface area contributed by atoms with Crippen molar-refractivity contribution >= 4 is 33.4 Å². The maximum atomic E-state index is 8.94. The first-order valence-corrected chi connectivity index (χ1v) is 12.0. The zero-order chi connectivity index (χ0) is 26.2. The molecule has 0 saturated heterocycles. The van der Waals surface area contributed by atoms with Crippen LogP contribution in [0.25, 0.3) is 21.8 Å². The quantitative estimate of drug-likeness (QED) is 0.304. The molecule has 0 fully saturated rings. The van der Waals surface area contributed by atoms with Gasteiger partial charge in [0.25, 0.3) is 0 Å². The molecule has 8 nitrogen and oxygen atoms in total. The molecule has 0 spiro atoms. The Labute approximate surface area is 219 Å². The summed E-state index contributed by atoms with van der Waals surface area (Å²) in [5.41, 5.74) is 6.57. The molecule has 9 heteroatoms. The first-order valence-electron chi connectivity index (χ1n) is 11.5. The van der Waals surface area contributed by atoms with Crippen LogP contribution in [0, 0.1) is 22.7 Å². The van der Waals surface area contributed by atoms with Crippen LogP contribution in [0.1, 0.15) is 28.1 Å². The number of aromatic amines is 2. The van der Waals surface area contributed by atoms with Gasteiger partial charge in [0.05, 0.1) is 53.2 Å². The van der Waals surface area contributed by atoms with Crippen molar-refractivity contribution in [3.8, 4) is 12.1 Å². The Hall–Kier alpha value is -4.79. The maximum Gasteiger partial charge on any atom is 0.0992 e. The van der Waals surface area contributed by atoms with Gasteiger partial charge in [-0.1, -0.05) is 6.07 Å². The first-order chi connectivity index (χ1) is 18.0. The molecular weight excluding hydrogens is 484 g/mol. The van der Waals surface area contributed by atoms with Gasteiger partial charge >= 0.3 is 0 Å². The van der Waals surface area contributed by atoms with Crippen LogP contribution >= 0.6 is 11.6 Å². The Kier molecular flexibility index (Phi) is 8.05. The van der Waals surface area contributed by atoms with Crippen molar-refractivity contribution in [2.75, 3.05) is 0 Å². The molecule has 2 aromatic carbocycles. The van der Waals surface area contributed by atoms with Crippen LogP contribution in [0.2, 0.25) is 0 Å². The van der Waals surface area contributed by atoms with Gasteiger partial charge in [-0.25, -0.2) is 9.97 Å². The van der Waals surface area contributed by atoms with Crippen molar-refractivity contribution < 1.29 is 0 Å². The highest BCUT2D eigenvalue weighted by Crippen LogP contribution is 2.21. The Morgan fingerprint density at radius 3 is 2.14 bits per heavy atom. The third kappa shape index (κ3) is 6.46. The van der Waals surface area contributed by atoms with Crippen LogP contribution in [0.15, 0.2) is 79.9 Å². The molecule has 0 atom stereocenters. The molecule has 184 valence electrons. The van der Waals surface area contributed by atoms with Crippen LogP contribution in [0.5, 0.6) is 0 Å². The summed E-state index contributed by atoms with van der Waals surface area (Å²) < 4.78 is 3.81. The van der Waals surface area contributed by atoms with Crippen LogP contribution < -0.4 is 0 Å². The minimum Gasteiger partial charge on any atom is -0.361 e. The first kappa shape index (κ1) is 25.3. The zero-order valence-corrected chi connectivity index (χ0v) is 21.2. The van der Waals surface area contributed by atoms with Gasteiger partial charge in [-0.15, -0.1) is 11.6 Å². The largest absolute Gasteiger partial charge is 0.361 e. The summed E-state index contributed by atoms with van der Waals surface area (Å²) in [5, 5.41) is 19.8. The lowest BCUT2D eigenvalue weighted by Crippen LogP contribution is -1.87. The highest BCUT2D eigenvalue weighted by atomic mass is 35.5. The lowest BCUT2D eigenvalue weighted by atomic mass is 10.1. The summed E-state index contributed by atoms with van der Waals surface area (Å²) in [4.78, 5) is 14.6. The van der Waals surface area contributed by atoms with Gasteiger partial charge in [0, 0.05) is 61.7 Å². The number of imidazole rings is 2. The third-order valence-corrected chi connectivity index (χ3v) is 5.88. The van der Waals surface area contributed by atoms with Crippen LogP contribution in [-0.2, 0) is 26.4 Å². The van der Waals surface area contributed by atoms with Crippen molar-refractivity contribution in [3.63, 3.8) is 0 Å². The van der Waals surface area contributed by atoms with E-state index >= 15 is 0 Å².